The van der Waals surface area contributed by atoms with Crippen LogP contribution in [0.1, 0.15) is 47.3 Å². The first-order valence-corrected chi connectivity index (χ1v) is 10.2. The Morgan fingerprint density at radius 2 is 1.93 bits per heavy atom. The van der Waals surface area contributed by atoms with Crippen LogP contribution in [0.25, 0.3) is 0 Å². The summed E-state index contributed by atoms with van der Waals surface area (Å²) in [7, 11) is 0. The molecule has 0 aliphatic heterocycles. The van der Waals surface area contributed by atoms with Crippen molar-refractivity contribution < 1.29 is 22.9 Å². The van der Waals surface area contributed by atoms with Crippen LogP contribution < -0.4 is 0 Å². The number of hydrogen-bond donors (Lipinski definition) is 0. The van der Waals surface area contributed by atoms with Crippen molar-refractivity contribution in [2.75, 3.05) is 6.26 Å². The topological polar surface area (TPSA) is 63.5 Å². The van der Waals surface area contributed by atoms with E-state index in [9.17, 15) is 28.1 Å². The SMILES string of the molecule is CSc1ccc(C(=O)N(C2CC2)C(C)c2cccc(C(F)(F)F)c2)cc1[N+](=O)[O-]. The van der Waals surface area contributed by atoms with E-state index in [1.54, 1.807) is 19.2 Å². The molecule has 2 aromatic carbocycles. The Morgan fingerprint density at radius 3 is 2.48 bits per heavy atom. The van der Waals surface area contributed by atoms with Crippen LogP contribution in [0.5, 0.6) is 0 Å². The molecule has 0 bridgehead atoms. The second-order valence-electron chi connectivity index (χ2n) is 6.89. The minimum Gasteiger partial charge on any atom is -0.329 e. The largest absolute Gasteiger partial charge is 0.416 e. The summed E-state index contributed by atoms with van der Waals surface area (Å²) < 4.78 is 39.2. The minimum atomic E-state index is -4.47. The van der Waals surface area contributed by atoms with Crippen molar-refractivity contribution >= 4 is 23.4 Å². The van der Waals surface area contributed by atoms with Gasteiger partial charge in [-0.15, -0.1) is 11.8 Å². The van der Waals surface area contributed by atoms with Crippen molar-refractivity contribution in [3.8, 4) is 0 Å². The van der Waals surface area contributed by atoms with E-state index in [4.69, 9.17) is 0 Å². The number of nitro groups is 1. The molecule has 1 aliphatic rings. The zero-order chi connectivity index (χ0) is 21.3. The van der Waals surface area contributed by atoms with Gasteiger partial charge in [0.2, 0.25) is 0 Å². The molecule has 1 atom stereocenters. The minimum absolute atomic E-state index is 0.0914. The molecule has 0 N–H and O–H groups in total. The molecule has 9 heteroatoms. The molecule has 1 amide bonds. The van der Waals surface area contributed by atoms with Gasteiger partial charge in [-0.05, 0) is 55.9 Å². The van der Waals surface area contributed by atoms with Crippen molar-refractivity contribution in [3.63, 3.8) is 0 Å². The number of benzene rings is 2. The zero-order valence-corrected chi connectivity index (χ0v) is 16.6. The monoisotopic (exact) mass is 424 g/mol. The van der Waals surface area contributed by atoms with Crippen molar-refractivity contribution in [2.45, 2.75) is 42.9 Å². The van der Waals surface area contributed by atoms with Gasteiger partial charge in [0.1, 0.15) is 0 Å². The lowest BCUT2D eigenvalue weighted by atomic mass is 10.0. The number of alkyl halides is 3. The first-order valence-electron chi connectivity index (χ1n) is 8.95. The maximum atomic E-state index is 13.2. The number of amides is 1. The number of hydrogen-bond acceptors (Lipinski definition) is 4. The summed E-state index contributed by atoms with van der Waals surface area (Å²) in [6, 6.07) is 8.51. The Kier molecular flexibility index (Phi) is 5.88. The third kappa shape index (κ3) is 4.55. The first kappa shape index (κ1) is 21.2. The normalized spacial score (nSPS) is 15.1. The maximum absolute atomic E-state index is 13.2. The van der Waals surface area contributed by atoms with Gasteiger partial charge in [-0.2, -0.15) is 13.2 Å². The van der Waals surface area contributed by atoms with Crippen LogP contribution in [0.15, 0.2) is 47.4 Å². The Bertz CT molecular complexity index is 945. The van der Waals surface area contributed by atoms with Crippen LogP contribution in [0, 0.1) is 10.1 Å². The van der Waals surface area contributed by atoms with Crippen molar-refractivity contribution in [1.82, 2.24) is 4.90 Å². The van der Waals surface area contributed by atoms with Gasteiger partial charge in [0.05, 0.1) is 21.4 Å². The van der Waals surface area contributed by atoms with Crippen LogP contribution >= 0.6 is 11.8 Å². The summed E-state index contributed by atoms with van der Waals surface area (Å²) in [5, 5.41) is 11.3. The first-order chi connectivity index (χ1) is 13.6. The summed E-state index contributed by atoms with van der Waals surface area (Å²) in [6.45, 7) is 1.68. The summed E-state index contributed by atoms with van der Waals surface area (Å²) in [5.74, 6) is -0.423. The number of halogens is 3. The van der Waals surface area contributed by atoms with E-state index in [0.29, 0.717) is 10.5 Å². The molecule has 1 fully saturated rings. The van der Waals surface area contributed by atoms with Gasteiger partial charge < -0.3 is 4.90 Å². The fourth-order valence-corrected chi connectivity index (χ4v) is 3.81. The standard InChI is InChI=1S/C20H19F3N2O3S/c1-12(13-4-3-5-15(10-13)20(21,22)23)24(16-7-8-16)19(26)14-6-9-18(29-2)17(11-14)25(27)28/h3-6,9-12,16H,7-8H2,1-2H3. The molecule has 0 saturated heterocycles. The zero-order valence-electron chi connectivity index (χ0n) is 15.8. The van der Waals surface area contributed by atoms with Crippen molar-refractivity contribution in [2.24, 2.45) is 0 Å². The molecule has 154 valence electrons. The second kappa shape index (κ2) is 8.06. The molecular weight excluding hydrogens is 405 g/mol. The average Bonchev–Trinajstić information content (AvgIpc) is 3.51. The van der Waals surface area contributed by atoms with Crippen LogP contribution in [0.2, 0.25) is 0 Å². The third-order valence-electron chi connectivity index (χ3n) is 4.91. The third-order valence-corrected chi connectivity index (χ3v) is 5.70. The van der Waals surface area contributed by atoms with Crippen molar-refractivity contribution in [1.29, 1.82) is 0 Å². The molecule has 2 aromatic rings. The highest BCUT2D eigenvalue weighted by Crippen LogP contribution is 2.38. The Balaban J connectivity index is 1.96. The van der Waals surface area contributed by atoms with E-state index in [2.05, 4.69) is 0 Å². The Morgan fingerprint density at radius 1 is 1.24 bits per heavy atom. The van der Waals surface area contributed by atoms with Gasteiger partial charge in [-0.25, -0.2) is 0 Å². The Hall–Kier alpha value is -2.55. The molecule has 1 unspecified atom stereocenters. The number of rotatable bonds is 6. The molecule has 0 spiro atoms. The van der Waals surface area contributed by atoms with Gasteiger partial charge in [0, 0.05) is 17.7 Å². The quantitative estimate of drug-likeness (QED) is 0.339. The molecule has 5 nitrogen and oxygen atoms in total. The molecule has 0 radical (unpaired) electrons. The predicted octanol–water partition coefficient (Wildman–Crippen LogP) is 5.70. The maximum Gasteiger partial charge on any atom is 0.416 e. The predicted molar refractivity (Wildman–Crippen MR) is 104 cm³/mol. The summed E-state index contributed by atoms with van der Waals surface area (Å²) in [6.07, 6.45) is -1.27. The average molecular weight is 424 g/mol. The van der Waals surface area contributed by atoms with Gasteiger partial charge in [-0.1, -0.05) is 12.1 Å². The lowest BCUT2D eigenvalue weighted by Gasteiger charge is -2.30. The van der Waals surface area contributed by atoms with Crippen LogP contribution in [0.4, 0.5) is 18.9 Å². The molecular formula is C20H19F3N2O3S. The molecule has 0 heterocycles. The van der Waals surface area contributed by atoms with Crippen LogP contribution in [-0.4, -0.2) is 28.0 Å². The molecule has 0 aromatic heterocycles. The summed E-state index contributed by atoms with van der Waals surface area (Å²) in [5.41, 5.74) is -0.411. The molecule has 29 heavy (non-hydrogen) atoms. The van der Waals surface area contributed by atoms with E-state index in [1.807, 2.05) is 0 Å². The highest BCUT2D eigenvalue weighted by atomic mass is 32.2. The number of thioether (sulfide) groups is 1. The highest BCUT2D eigenvalue weighted by molar-refractivity contribution is 7.98. The van der Waals surface area contributed by atoms with E-state index < -0.39 is 28.6 Å². The van der Waals surface area contributed by atoms with E-state index in [1.165, 1.54) is 40.9 Å². The van der Waals surface area contributed by atoms with Gasteiger partial charge in [-0.3, -0.25) is 14.9 Å². The highest BCUT2D eigenvalue weighted by Gasteiger charge is 2.38. The number of carbonyl (C=O) groups excluding carboxylic acids is 1. The number of carbonyl (C=O) groups is 1. The smallest absolute Gasteiger partial charge is 0.329 e. The van der Waals surface area contributed by atoms with E-state index >= 15 is 0 Å². The van der Waals surface area contributed by atoms with Gasteiger partial charge >= 0.3 is 6.18 Å². The van der Waals surface area contributed by atoms with Gasteiger partial charge in [0.25, 0.3) is 11.6 Å². The fourth-order valence-electron chi connectivity index (χ4n) is 3.26. The lowest BCUT2D eigenvalue weighted by molar-refractivity contribution is -0.387. The lowest BCUT2D eigenvalue weighted by Crippen LogP contribution is -2.35. The van der Waals surface area contributed by atoms with Crippen molar-refractivity contribution in [3.05, 3.63) is 69.3 Å². The summed E-state index contributed by atoms with van der Waals surface area (Å²) in [4.78, 5) is 25.9. The fraction of sp³-hybridized carbons (Fsp3) is 0.350. The van der Waals surface area contributed by atoms with E-state index in [0.717, 1.165) is 25.0 Å². The number of nitro benzene ring substituents is 1. The summed E-state index contributed by atoms with van der Waals surface area (Å²) >= 11 is 1.21. The van der Waals surface area contributed by atoms with E-state index in [-0.39, 0.29) is 17.3 Å². The van der Waals surface area contributed by atoms with Crippen LogP contribution in [-0.2, 0) is 6.18 Å². The molecule has 1 aliphatic carbocycles. The molecule has 3 rings (SSSR count). The second-order valence-corrected chi connectivity index (χ2v) is 7.73. The molecule has 1 saturated carbocycles. The van der Waals surface area contributed by atoms with Gasteiger partial charge in [0.15, 0.2) is 0 Å². The Labute approximate surface area is 170 Å². The number of nitrogens with zero attached hydrogens (tertiary/aromatic N) is 2. The van der Waals surface area contributed by atoms with Crippen LogP contribution in [0.3, 0.4) is 0 Å².